The molecule has 0 bridgehead atoms. The topological polar surface area (TPSA) is 50.8 Å². The molecule has 1 aliphatic heterocycles. The predicted octanol–water partition coefficient (Wildman–Crippen LogP) is 4.20. The minimum absolute atomic E-state index is 0.0527. The Kier molecular flexibility index (Phi) is 7.95. The summed E-state index contributed by atoms with van der Waals surface area (Å²) in [6.45, 7) is 3.50. The average molecular weight is 435 g/mol. The summed E-state index contributed by atoms with van der Waals surface area (Å²) in [5.74, 6) is 0.618. The van der Waals surface area contributed by atoms with Crippen molar-refractivity contribution in [1.29, 1.82) is 0 Å². The highest BCUT2D eigenvalue weighted by atomic mass is 35.5. The minimum atomic E-state index is -0.187. The quantitative estimate of drug-likeness (QED) is 0.663. The van der Waals surface area contributed by atoms with Crippen molar-refractivity contribution < 1.29 is 14.3 Å². The van der Waals surface area contributed by atoms with Crippen molar-refractivity contribution in [3.63, 3.8) is 0 Å². The van der Waals surface area contributed by atoms with Crippen LogP contribution in [-0.2, 0) is 9.53 Å². The van der Waals surface area contributed by atoms with E-state index in [1.807, 2.05) is 30.3 Å². The molecule has 0 aromatic heterocycles. The van der Waals surface area contributed by atoms with E-state index in [4.69, 9.17) is 32.7 Å². The number of methoxy groups -OCH3 is 1. The van der Waals surface area contributed by atoms with E-state index in [9.17, 15) is 4.79 Å². The van der Waals surface area contributed by atoms with Crippen molar-refractivity contribution >= 4 is 35.2 Å². The maximum atomic E-state index is 12.4. The van der Waals surface area contributed by atoms with E-state index in [-0.39, 0.29) is 11.9 Å². The zero-order valence-corrected chi connectivity index (χ0v) is 17.7. The lowest BCUT2D eigenvalue weighted by Crippen LogP contribution is -2.43. The van der Waals surface area contributed by atoms with E-state index < -0.39 is 0 Å². The van der Waals surface area contributed by atoms with Crippen molar-refractivity contribution in [3.8, 4) is 5.75 Å². The second-order valence-electron chi connectivity index (χ2n) is 6.66. The van der Waals surface area contributed by atoms with Gasteiger partial charge in [0.1, 0.15) is 5.75 Å². The van der Waals surface area contributed by atoms with Gasteiger partial charge >= 0.3 is 0 Å². The molecule has 29 heavy (non-hydrogen) atoms. The Hall–Kier alpha value is -2.05. The van der Waals surface area contributed by atoms with Crippen molar-refractivity contribution in [1.82, 2.24) is 10.2 Å². The van der Waals surface area contributed by atoms with Crippen LogP contribution in [0.3, 0.4) is 0 Å². The first-order valence-corrected chi connectivity index (χ1v) is 10.2. The molecule has 0 spiro atoms. The molecule has 0 radical (unpaired) electrons. The highest BCUT2D eigenvalue weighted by molar-refractivity contribution is 6.42. The maximum absolute atomic E-state index is 12.4. The van der Waals surface area contributed by atoms with Crippen molar-refractivity contribution in [2.45, 2.75) is 6.04 Å². The van der Waals surface area contributed by atoms with Crippen molar-refractivity contribution in [2.24, 2.45) is 0 Å². The average Bonchev–Trinajstić information content (AvgIpc) is 2.76. The lowest BCUT2D eigenvalue weighted by atomic mass is 10.0. The molecule has 154 valence electrons. The zero-order valence-electron chi connectivity index (χ0n) is 16.2. The van der Waals surface area contributed by atoms with E-state index in [0.717, 1.165) is 24.4 Å². The van der Waals surface area contributed by atoms with Gasteiger partial charge in [0, 0.05) is 25.7 Å². The smallest absolute Gasteiger partial charge is 0.244 e. The third-order valence-corrected chi connectivity index (χ3v) is 5.69. The van der Waals surface area contributed by atoms with E-state index >= 15 is 0 Å². The van der Waals surface area contributed by atoms with Gasteiger partial charge in [-0.2, -0.15) is 0 Å². The number of carbonyl (C=O) groups excluding carboxylic acids is 1. The number of ether oxygens (including phenoxy) is 2. The fraction of sp³-hybridized carbons (Fsp3) is 0.318. The molecule has 3 rings (SSSR count). The van der Waals surface area contributed by atoms with Gasteiger partial charge < -0.3 is 14.8 Å². The summed E-state index contributed by atoms with van der Waals surface area (Å²) in [4.78, 5) is 14.7. The predicted molar refractivity (Wildman–Crippen MR) is 117 cm³/mol. The molecule has 2 aromatic rings. The first kappa shape index (κ1) is 21.7. The number of rotatable bonds is 7. The van der Waals surface area contributed by atoms with E-state index in [2.05, 4.69) is 10.2 Å². The Labute approximate surface area is 181 Å². The molecular weight excluding hydrogens is 411 g/mol. The Bertz CT molecular complexity index is 850. The van der Waals surface area contributed by atoms with E-state index in [0.29, 0.717) is 35.4 Å². The molecule has 1 fully saturated rings. The monoisotopic (exact) mass is 434 g/mol. The number of nitrogens with zero attached hydrogens (tertiary/aromatic N) is 1. The van der Waals surface area contributed by atoms with Crippen LogP contribution in [0.1, 0.15) is 17.2 Å². The number of morpholine rings is 1. The third kappa shape index (κ3) is 5.97. The molecule has 1 heterocycles. The van der Waals surface area contributed by atoms with Crippen LogP contribution in [0, 0.1) is 0 Å². The molecule has 5 nitrogen and oxygen atoms in total. The highest BCUT2D eigenvalue weighted by Gasteiger charge is 2.23. The third-order valence-electron chi connectivity index (χ3n) is 4.85. The summed E-state index contributed by atoms with van der Waals surface area (Å²) in [7, 11) is 1.65. The summed E-state index contributed by atoms with van der Waals surface area (Å²) < 4.78 is 10.7. The maximum Gasteiger partial charge on any atom is 0.244 e. The van der Waals surface area contributed by atoms with Gasteiger partial charge in [-0.15, -0.1) is 0 Å². The SMILES string of the molecule is COc1ccc(C(CNC(=O)/C=C/c2cccc(Cl)c2Cl)N2CCOCC2)cc1. The van der Waals surface area contributed by atoms with Gasteiger partial charge in [0.15, 0.2) is 0 Å². The Morgan fingerprint density at radius 3 is 2.62 bits per heavy atom. The lowest BCUT2D eigenvalue weighted by Gasteiger charge is -2.34. The number of hydrogen-bond acceptors (Lipinski definition) is 4. The second-order valence-corrected chi connectivity index (χ2v) is 7.44. The first-order chi connectivity index (χ1) is 14.1. The summed E-state index contributed by atoms with van der Waals surface area (Å²) in [5.41, 5.74) is 1.82. The van der Waals surface area contributed by atoms with Gasteiger partial charge in [-0.25, -0.2) is 0 Å². The molecule has 1 amide bonds. The minimum Gasteiger partial charge on any atom is -0.497 e. The van der Waals surface area contributed by atoms with Crippen LogP contribution in [0.4, 0.5) is 0 Å². The van der Waals surface area contributed by atoms with Crippen LogP contribution in [0.5, 0.6) is 5.75 Å². The Morgan fingerprint density at radius 2 is 1.93 bits per heavy atom. The van der Waals surface area contributed by atoms with E-state index in [1.54, 1.807) is 25.3 Å². The molecule has 1 N–H and O–H groups in total. The molecule has 7 heteroatoms. The number of amides is 1. The number of halogens is 2. The first-order valence-electron chi connectivity index (χ1n) is 9.44. The summed E-state index contributed by atoms with van der Waals surface area (Å²) in [6.07, 6.45) is 3.14. The van der Waals surface area contributed by atoms with Crippen LogP contribution in [-0.4, -0.2) is 50.8 Å². The van der Waals surface area contributed by atoms with Crippen LogP contribution in [0.25, 0.3) is 6.08 Å². The van der Waals surface area contributed by atoms with Gasteiger partial charge in [-0.3, -0.25) is 9.69 Å². The van der Waals surface area contributed by atoms with Crippen LogP contribution in [0.2, 0.25) is 10.0 Å². The molecule has 2 aromatic carbocycles. The normalized spacial score (nSPS) is 16.0. The Morgan fingerprint density at radius 1 is 1.21 bits per heavy atom. The molecule has 0 aliphatic carbocycles. The van der Waals surface area contributed by atoms with Gasteiger partial charge in [0.05, 0.1) is 36.4 Å². The molecule has 0 saturated carbocycles. The second kappa shape index (κ2) is 10.6. The zero-order chi connectivity index (χ0) is 20.6. The molecule has 1 saturated heterocycles. The number of benzene rings is 2. The van der Waals surface area contributed by atoms with Gasteiger partial charge in [-0.05, 0) is 35.4 Å². The van der Waals surface area contributed by atoms with Crippen LogP contribution in [0.15, 0.2) is 48.5 Å². The van der Waals surface area contributed by atoms with Gasteiger partial charge in [0.2, 0.25) is 5.91 Å². The van der Waals surface area contributed by atoms with E-state index in [1.165, 1.54) is 6.08 Å². The summed E-state index contributed by atoms with van der Waals surface area (Å²) >= 11 is 12.2. The number of carbonyl (C=O) groups is 1. The lowest BCUT2D eigenvalue weighted by molar-refractivity contribution is -0.116. The molecule has 1 atom stereocenters. The fourth-order valence-electron chi connectivity index (χ4n) is 3.24. The molecule has 1 aliphatic rings. The number of hydrogen-bond donors (Lipinski definition) is 1. The molecular formula is C22H24Cl2N2O3. The highest BCUT2D eigenvalue weighted by Crippen LogP contribution is 2.26. The Balaban J connectivity index is 1.67. The summed E-state index contributed by atoms with van der Waals surface area (Å²) in [6, 6.07) is 13.3. The standard InChI is InChI=1S/C22H24Cl2N2O3/c1-28-18-8-5-16(6-9-18)20(26-11-13-29-14-12-26)15-25-21(27)10-7-17-3-2-4-19(23)22(17)24/h2-10,20H,11-15H2,1H3,(H,25,27)/b10-7+. The largest absolute Gasteiger partial charge is 0.497 e. The number of nitrogens with one attached hydrogen (secondary N) is 1. The van der Waals surface area contributed by atoms with Crippen LogP contribution < -0.4 is 10.1 Å². The van der Waals surface area contributed by atoms with Gasteiger partial charge in [0.25, 0.3) is 0 Å². The van der Waals surface area contributed by atoms with Crippen molar-refractivity contribution in [2.75, 3.05) is 40.0 Å². The van der Waals surface area contributed by atoms with Gasteiger partial charge in [-0.1, -0.05) is 47.5 Å². The summed E-state index contributed by atoms with van der Waals surface area (Å²) in [5, 5.41) is 3.89. The fourth-order valence-corrected chi connectivity index (χ4v) is 3.61. The van der Waals surface area contributed by atoms with Crippen molar-refractivity contribution in [3.05, 3.63) is 69.7 Å². The van der Waals surface area contributed by atoms with Crippen LogP contribution >= 0.6 is 23.2 Å². The molecule has 1 unspecified atom stereocenters.